The maximum Gasteiger partial charge on any atom is 0.416 e. The number of carbonyl (C=O) groups is 1. The zero-order chi connectivity index (χ0) is 16.5. The van der Waals surface area contributed by atoms with Crippen LogP contribution in [0.5, 0.6) is 0 Å². The summed E-state index contributed by atoms with van der Waals surface area (Å²) >= 11 is 6.94. The fourth-order valence-electron chi connectivity index (χ4n) is 1.70. The average Bonchev–Trinajstić information content (AvgIpc) is 2.70. The maximum atomic E-state index is 12.7. The summed E-state index contributed by atoms with van der Waals surface area (Å²) in [6.45, 7) is 1.63. The van der Waals surface area contributed by atoms with Crippen LogP contribution in [0, 0.1) is 6.92 Å². The van der Waals surface area contributed by atoms with Gasteiger partial charge in [0.25, 0.3) is 0 Å². The van der Waals surface area contributed by atoms with Crippen molar-refractivity contribution in [3.63, 3.8) is 0 Å². The first-order chi connectivity index (χ1) is 10.2. The summed E-state index contributed by atoms with van der Waals surface area (Å²) in [6.07, 6.45) is -4.67. The Morgan fingerprint density at radius 3 is 2.73 bits per heavy atom. The number of nitrogens with zero attached hydrogens (tertiary/aromatic N) is 1. The fourth-order valence-corrected chi connectivity index (χ4v) is 2.83. The molecule has 0 aliphatic heterocycles. The first-order valence-corrected chi connectivity index (χ1v) is 7.18. The smallest absolute Gasteiger partial charge is 0.416 e. The van der Waals surface area contributed by atoms with Gasteiger partial charge in [0.2, 0.25) is 0 Å². The number of rotatable bonds is 4. The molecule has 0 fully saturated rings. The molecule has 0 atom stereocenters. The molecule has 2 N–H and O–H groups in total. The highest BCUT2D eigenvalue weighted by Crippen LogP contribution is 2.36. The number of thiazole rings is 1. The zero-order valence-electron chi connectivity index (χ0n) is 11.2. The van der Waals surface area contributed by atoms with Crippen LogP contribution in [0.25, 0.3) is 0 Å². The Kier molecular flexibility index (Phi) is 4.62. The number of carboxylic acids is 1. The average molecular weight is 351 g/mol. The van der Waals surface area contributed by atoms with E-state index in [1.54, 1.807) is 6.92 Å². The van der Waals surface area contributed by atoms with Crippen LogP contribution < -0.4 is 5.32 Å². The number of aliphatic carboxylic acids is 1. The van der Waals surface area contributed by atoms with Crippen molar-refractivity contribution in [3.05, 3.63) is 39.4 Å². The predicted octanol–water partition coefficient (Wildman–Crippen LogP) is 4.49. The number of anilines is 2. The van der Waals surface area contributed by atoms with E-state index in [-0.39, 0.29) is 22.3 Å². The van der Waals surface area contributed by atoms with Crippen LogP contribution in [0.2, 0.25) is 5.02 Å². The SMILES string of the molecule is Cc1nc(Nc2cc(C(F)(F)F)ccc2Cl)sc1CC(=O)O. The topological polar surface area (TPSA) is 62.2 Å². The van der Waals surface area contributed by atoms with Crippen LogP contribution in [0.1, 0.15) is 16.1 Å². The molecule has 0 unspecified atom stereocenters. The van der Waals surface area contributed by atoms with Crippen LogP contribution in [0.4, 0.5) is 24.0 Å². The lowest BCUT2D eigenvalue weighted by Crippen LogP contribution is -2.05. The van der Waals surface area contributed by atoms with Crippen molar-refractivity contribution in [1.82, 2.24) is 4.98 Å². The van der Waals surface area contributed by atoms with Crippen molar-refractivity contribution in [3.8, 4) is 0 Å². The molecule has 2 aromatic rings. The largest absolute Gasteiger partial charge is 0.481 e. The van der Waals surface area contributed by atoms with Crippen LogP contribution in [0.15, 0.2) is 18.2 Å². The zero-order valence-corrected chi connectivity index (χ0v) is 12.7. The third-order valence-corrected chi connectivity index (χ3v) is 4.14. The number of hydrogen-bond donors (Lipinski definition) is 2. The van der Waals surface area contributed by atoms with Gasteiger partial charge in [-0.3, -0.25) is 4.79 Å². The molecule has 118 valence electrons. The van der Waals surface area contributed by atoms with E-state index in [4.69, 9.17) is 16.7 Å². The molecule has 1 heterocycles. The number of carboxylic acid groups (broad SMARTS) is 1. The molecule has 1 aromatic heterocycles. The molecule has 0 aliphatic carbocycles. The van der Waals surface area contributed by atoms with Gasteiger partial charge in [-0.1, -0.05) is 11.6 Å². The van der Waals surface area contributed by atoms with Gasteiger partial charge in [0, 0.05) is 4.88 Å². The predicted molar refractivity (Wildman–Crippen MR) is 77.9 cm³/mol. The van der Waals surface area contributed by atoms with Crippen molar-refractivity contribution >= 4 is 39.7 Å². The number of aryl methyl sites for hydroxylation is 1. The minimum absolute atomic E-state index is 0.0621. The molecule has 22 heavy (non-hydrogen) atoms. The molecule has 0 amide bonds. The maximum absolute atomic E-state index is 12.7. The van der Waals surface area contributed by atoms with Crippen LogP contribution >= 0.6 is 22.9 Å². The van der Waals surface area contributed by atoms with E-state index in [2.05, 4.69) is 10.3 Å². The molecule has 0 aliphatic rings. The van der Waals surface area contributed by atoms with Gasteiger partial charge in [0.05, 0.1) is 28.4 Å². The normalized spacial score (nSPS) is 11.5. The van der Waals surface area contributed by atoms with Gasteiger partial charge < -0.3 is 10.4 Å². The number of halogens is 4. The third-order valence-electron chi connectivity index (χ3n) is 2.74. The van der Waals surface area contributed by atoms with Gasteiger partial charge in [-0.25, -0.2) is 4.98 Å². The highest BCUT2D eigenvalue weighted by Gasteiger charge is 2.31. The van der Waals surface area contributed by atoms with Crippen molar-refractivity contribution in [1.29, 1.82) is 0 Å². The Hall–Kier alpha value is -1.80. The molecule has 2 rings (SSSR count). The number of alkyl halides is 3. The first kappa shape index (κ1) is 16.6. The molecule has 4 nitrogen and oxygen atoms in total. The summed E-state index contributed by atoms with van der Waals surface area (Å²) < 4.78 is 38.1. The van der Waals surface area contributed by atoms with Gasteiger partial charge >= 0.3 is 12.1 Å². The summed E-state index contributed by atoms with van der Waals surface area (Å²) in [5.74, 6) is -1.00. The van der Waals surface area contributed by atoms with Crippen LogP contribution in [0.3, 0.4) is 0 Å². The number of hydrogen-bond acceptors (Lipinski definition) is 4. The summed E-state index contributed by atoms with van der Waals surface area (Å²) in [5.41, 5.74) is -0.261. The molecular weight excluding hydrogens is 341 g/mol. The molecule has 9 heteroatoms. The molecule has 0 radical (unpaired) electrons. The van der Waals surface area contributed by atoms with Gasteiger partial charge in [0.15, 0.2) is 5.13 Å². The van der Waals surface area contributed by atoms with Crippen LogP contribution in [-0.2, 0) is 17.4 Å². The van der Waals surface area contributed by atoms with Gasteiger partial charge in [-0.15, -0.1) is 11.3 Å². The summed E-state index contributed by atoms with van der Waals surface area (Å²) in [4.78, 5) is 15.3. The van der Waals surface area contributed by atoms with Gasteiger partial charge in [-0.2, -0.15) is 13.2 Å². The molecule has 0 bridgehead atoms. The quantitative estimate of drug-likeness (QED) is 0.852. The second-order valence-corrected chi connectivity index (χ2v) is 5.91. The van der Waals surface area contributed by atoms with E-state index in [0.29, 0.717) is 10.6 Å². The number of nitrogens with one attached hydrogen (secondary N) is 1. The Morgan fingerprint density at radius 1 is 1.45 bits per heavy atom. The van der Waals surface area contributed by atoms with E-state index >= 15 is 0 Å². The monoisotopic (exact) mass is 350 g/mol. The van der Waals surface area contributed by atoms with Crippen molar-refractivity contribution in [2.45, 2.75) is 19.5 Å². The minimum Gasteiger partial charge on any atom is -0.481 e. The van der Waals surface area contributed by atoms with E-state index in [1.165, 1.54) is 0 Å². The van der Waals surface area contributed by atoms with E-state index < -0.39 is 17.7 Å². The van der Waals surface area contributed by atoms with Crippen molar-refractivity contribution in [2.75, 3.05) is 5.32 Å². The highest BCUT2D eigenvalue weighted by molar-refractivity contribution is 7.15. The van der Waals surface area contributed by atoms with Gasteiger partial charge in [-0.05, 0) is 25.1 Å². The van der Waals surface area contributed by atoms with E-state index in [1.807, 2.05) is 0 Å². The second-order valence-electron chi connectivity index (χ2n) is 4.42. The molecule has 0 spiro atoms. The Balaban J connectivity index is 2.29. The fraction of sp³-hybridized carbons (Fsp3) is 0.231. The minimum atomic E-state index is -4.48. The Morgan fingerprint density at radius 2 is 2.14 bits per heavy atom. The lowest BCUT2D eigenvalue weighted by Gasteiger charge is -2.10. The molecule has 0 saturated carbocycles. The third kappa shape index (κ3) is 3.89. The standard InChI is InChI=1S/C13H10ClF3N2O2S/c1-6-10(5-11(20)21)22-12(18-6)19-9-4-7(13(15,16)17)2-3-8(9)14/h2-4H,5H2,1H3,(H,18,19)(H,20,21). The first-order valence-electron chi connectivity index (χ1n) is 5.98. The highest BCUT2D eigenvalue weighted by atomic mass is 35.5. The summed E-state index contributed by atoms with van der Waals surface area (Å²) in [6, 6.07) is 2.91. The van der Waals surface area contributed by atoms with Gasteiger partial charge in [0.1, 0.15) is 0 Å². The van der Waals surface area contributed by atoms with Crippen LogP contribution in [-0.4, -0.2) is 16.1 Å². The summed E-state index contributed by atoms with van der Waals surface area (Å²) in [5, 5.41) is 11.9. The summed E-state index contributed by atoms with van der Waals surface area (Å²) in [7, 11) is 0. The lowest BCUT2D eigenvalue weighted by molar-refractivity contribution is -0.138. The van der Waals surface area contributed by atoms with Crippen molar-refractivity contribution < 1.29 is 23.1 Å². The number of aromatic nitrogens is 1. The number of benzene rings is 1. The van der Waals surface area contributed by atoms with E-state index in [0.717, 1.165) is 29.5 Å². The molecular formula is C13H10ClF3N2O2S. The Bertz CT molecular complexity index is 716. The second kappa shape index (κ2) is 6.13. The molecule has 1 aromatic carbocycles. The lowest BCUT2D eigenvalue weighted by atomic mass is 10.2. The van der Waals surface area contributed by atoms with Crippen molar-refractivity contribution in [2.24, 2.45) is 0 Å². The Labute approximate surface area is 132 Å². The van der Waals surface area contributed by atoms with E-state index in [9.17, 15) is 18.0 Å². The molecule has 0 saturated heterocycles.